The highest BCUT2D eigenvalue weighted by molar-refractivity contribution is 5.80. The Balaban J connectivity index is 1.75. The zero-order valence-corrected chi connectivity index (χ0v) is 15.4. The van der Waals surface area contributed by atoms with Gasteiger partial charge in [-0.1, -0.05) is 36.8 Å². The van der Waals surface area contributed by atoms with Crippen molar-refractivity contribution in [3.8, 4) is 0 Å². The molecule has 0 amide bonds. The van der Waals surface area contributed by atoms with Gasteiger partial charge in [-0.25, -0.2) is 8.78 Å². The largest absolute Gasteiger partial charge is 0.356 e. The van der Waals surface area contributed by atoms with Crippen LogP contribution in [-0.4, -0.2) is 56.6 Å². The average molecular weight is 352 g/mol. The maximum Gasteiger partial charge on any atom is 0.251 e. The van der Waals surface area contributed by atoms with Crippen molar-refractivity contribution >= 4 is 5.96 Å². The van der Waals surface area contributed by atoms with E-state index in [0.29, 0.717) is 19.0 Å². The Morgan fingerprint density at radius 2 is 1.88 bits per heavy atom. The summed E-state index contributed by atoms with van der Waals surface area (Å²) in [5.41, 5.74) is 2.56. The van der Waals surface area contributed by atoms with Crippen molar-refractivity contribution in [2.24, 2.45) is 4.99 Å². The summed E-state index contributed by atoms with van der Waals surface area (Å²) in [6.45, 7) is 6.37. The van der Waals surface area contributed by atoms with Gasteiger partial charge in [-0.3, -0.25) is 9.89 Å². The summed E-state index contributed by atoms with van der Waals surface area (Å²) in [6, 6.07) is 8.88. The standard InChI is InChI=1S/C19H30F2N4/c1-14-4-6-16(7-5-14)15(2)12-23-19(22-3)24-17-8-10-25(11-9-17)13-18(20)21/h4-7,15,17-18H,8-13H2,1-3H3,(H2,22,23,24). The monoisotopic (exact) mass is 352 g/mol. The summed E-state index contributed by atoms with van der Waals surface area (Å²) in [7, 11) is 1.76. The molecule has 0 bridgehead atoms. The summed E-state index contributed by atoms with van der Waals surface area (Å²) >= 11 is 0. The van der Waals surface area contributed by atoms with E-state index >= 15 is 0 Å². The second-order valence-electron chi connectivity index (χ2n) is 6.88. The molecule has 0 spiro atoms. The first-order chi connectivity index (χ1) is 12.0. The van der Waals surface area contributed by atoms with E-state index in [1.807, 2.05) is 4.90 Å². The highest BCUT2D eigenvalue weighted by Gasteiger charge is 2.22. The first kappa shape index (κ1) is 19.6. The Morgan fingerprint density at radius 1 is 1.24 bits per heavy atom. The van der Waals surface area contributed by atoms with Crippen molar-refractivity contribution in [1.29, 1.82) is 0 Å². The minimum Gasteiger partial charge on any atom is -0.356 e. The van der Waals surface area contributed by atoms with E-state index in [1.165, 1.54) is 11.1 Å². The molecule has 1 heterocycles. The number of likely N-dealkylation sites (tertiary alicyclic amines) is 1. The van der Waals surface area contributed by atoms with Gasteiger partial charge in [-0.2, -0.15) is 0 Å². The normalized spacial score (nSPS) is 18.4. The van der Waals surface area contributed by atoms with Crippen LogP contribution in [-0.2, 0) is 0 Å². The van der Waals surface area contributed by atoms with E-state index in [0.717, 1.165) is 25.3 Å². The van der Waals surface area contributed by atoms with Crippen molar-refractivity contribution < 1.29 is 8.78 Å². The maximum atomic E-state index is 12.4. The van der Waals surface area contributed by atoms with Gasteiger partial charge in [0.05, 0.1) is 6.54 Å². The van der Waals surface area contributed by atoms with Crippen LogP contribution in [0.2, 0.25) is 0 Å². The molecule has 25 heavy (non-hydrogen) atoms. The van der Waals surface area contributed by atoms with E-state index in [2.05, 4.69) is 53.7 Å². The minimum absolute atomic E-state index is 0.117. The number of aryl methyl sites for hydroxylation is 1. The molecule has 0 radical (unpaired) electrons. The van der Waals surface area contributed by atoms with Crippen LogP contribution < -0.4 is 10.6 Å². The minimum atomic E-state index is -2.25. The third-order valence-corrected chi connectivity index (χ3v) is 4.77. The van der Waals surface area contributed by atoms with Crippen LogP contribution in [0.1, 0.15) is 36.8 Å². The van der Waals surface area contributed by atoms with Gasteiger partial charge in [-0.05, 0) is 31.2 Å². The molecule has 1 unspecified atom stereocenters. The number of halogens is 2. The van der Waals surface area contributed by atoms with Gasteiger partial charge < -0.3 is 10.6 Å². The molecule has 1 aliphatic heterocycles. The molecular formula is C19H30F2N4. The number of alkyl halides is 2. The van der Waals surface area contributed by atoms with Crippen LogP contribution in [0, 0.1) is 6.92 Å². The van der Waals surface area contributed by atoms with E-state index < -0.39 is 6.43 Å². The van der Waals surface area contributed by atoms with E-state index in [1.54, 1.807) is 7.05 Å². The van der Waals surface area contributed by atoms with Crippen molar-refractivity contribution in [3.63, 3.8) is 0 Å². The molecule has 0 aromatic heterocycles. The van der Waals surface area contributed by atoms with E-state index in [-0.39, 0.29) is 12.6 Å². The van der Waals surface area contributed by atoms with Gasteiger partial charge in [-0.15, -0.1) is 0 Å². The Hall–Kier alpha value is -1.69. The van der Waals surface area contributed by atoms with Crippen LogP contribution in [0.25, 0.3) is 0 Å². The number of guanidine groups is 1. The second-order valence-corrected chi connectivity index (χ2v) is 6.88. The first-order valence-corrected chi connectivity index (χ1v) is 9.02. The van der Waals surface area contributed by atoms with Crippen molar-refractivity contribution in [1.82, 2.24) is 15.5 Å². The Morgan fingerprint density at radius 3 is 2.44 bits per heavy atom. The fraction of sp³-hybridized carbons (Fsp3) is 0.632. The van der Waals surface area contributed by atoms with Crippen LogP contribution in [0.15, 0.2) is 29.3 Å². The van der Waals surface area contributed by atoms with Crippen LogP contribution in [0.5, 0.6) is 0 Å². The van der Waals surface area contributed by atoms with Gasteiger partial charge in [0.15, 0.2) is 5.96 Å². The van der Waals surface area contributed by atoms with Gasteiger partial charge in [0.1, 0.15) is 0 Å². The van der Waals surface area contributed by atoms with Crippen LogP contribution in [0.3, 0.4) is 0 Å². The zero-order chi connectivity index (χ0) is 18.2. The molecule has 1 fully saturated rings. The fourth-order valence-corrected chi connectivity index (χ4v) is 3.11. The number of hydrogen-bond acceptors (Lipinski definition) is 2. The smallest absolute Gasteiger partial charge is 0.251 e. The summed E-state index contributed by atoms with van der Waals surface area (Å²) in [4.78, 5) is 6.12. The van der Waals surface area contributed by atoms with Gasteiger partial charge in [0.25, 0.3) is 6.43 Å². The lowest BCUT2D eigenvalue weighted by molar-refractivity contribution is 0.0744. The van der Waals surface area contributed by atoms with Crippen molar-refractivity contribution in [2.45, 2.75) is 45.1 Å². The lowest BCUT2D eigenvalue weighted by Crippen LogP contribution is -2.49. The van der Waals surface area contributed by atoms with Crippen LogP contribution in [0.4, 0.5) is 8.78 Å². The Bertz CT molecular complexity index is 537. The average Bonchev–Trinajstić information content (AvgIpc) is 2.60. The molecule has 1 aromatic carbocycles. The molecule has 0 saturated carbocycles. The number of hydrogen-bond donors (Lipinski definition) is 2. The number of benzene rings is 1. The number of nitrogens with zero attached hydrogens (tertiary/aromatic N) is 2. The zero-order valence-electron chi connectivity index (χ0n) is 15.4. The topological polar surface area (TPSA) is 39.7 Å². The molecule has 0 aliphatic carbocycles. The highest BCUT2D eigenvalue weighted by Crippen LogP contribution is 2.15. The highest BCUT2D eigenvalue weighted by atomic mass is 19.3. The molecular weight excluding hydrogens is 322 g/mol. The molecule has 6 heteroatoms. The molecule has 4 nitrogen and oxygen atoms in total. The summed E-state index contributed by atoms with van der Waals surface area (Å²) < 4.78 is 24.9. The SMILES string of the molecule is CN=C(NCC(C)c1ccc(C)cc1)NC1CCN(CC(F)F)CC1. The van der Waals surface area contributed by atoms with Crippen LogP contribution >= 0.6 is 0 Å². The number of rotatable bonds is 6. The molecule has 2 rings (SSSR count). The lowest BCUT2D eigenvalue weighted by atomic mass is 10.00. The first-order valence-electron chi connectivity index (χ1n) is 9.02. The molecule has 2 N–H and O–H groups in total. The predicted molar refractivity (Wildman–Crippen MR) is 99.6 cm³/mol. The molecule has 140 valence electrons. The number of piperidine rings is 1. The molecule has 1 aliphatic rings. The third kappa shape index (κ3) is 6.61. The molecule has 1 atom stereocenters. The van der Waals surface area contributed by atoms with Crippen molar-refractivity contribution in [3.05, 3.63) is 35.4 Å². The van der Waals surface area contributed by atoms with Gasteiger partial charge in [0.2, 0.25) is 0 Å². The Labute approximate surface area is 149 Å². The van der Waals surface area contributed by atoms with E-state index in [4.69, 9.17) is 0 Å². The van der Waals surface area contributed by atoms with E-state index in [9.17, 15) is 8.78 Å². The predicted octanol–water partition coefficient (Wildman–Crippen LogP) is 2.99. The van der Waals surface area contributed by atoms with Gasteiger partial charge >= 0.3 is 0 Å². The van der Waals surface area contributed by atoms with Gasteiger partial charge in [0, 0.05) is 32.7 Å². The summed E-state index contributed by atoms with van der Waals surface area (Å²) in [5.74, 6) is 1.17. The maximum absolute atomic E-state index is 12.4. The summed E-state index contributed by atoms with van der Waals surface area (Å²) in [6.07, 6.45) is -0.524. The Kier molecular flexibility index (Phi) is 7.62. The van der Waals surface area contributed by atoms with Crippen molar-refractivity contribution in [2.75, 3.05) is 33.2 Å². The lowest BCUT2D eigenvalue weighted by Gasteiger charge is -2.32. The third-order valence-electron chi connectivity index (χ3n) is 4.77. The molecule has 1 saturated heterocycles. The fourth-order valence-electron chi connectivity index (χ4n) is 3.11. The number of nitrogens with one attached hydrogen (secondary N) is 2. The second kappa shape index (κ2) is 9.70. The molecule has 1 aromatic rings. The number of aliphatic imine (C=N–C) groups is 1. The quantitative estimate of drug-likeness (QED) is 0.611. The summed E-state index contributed by atoms with van der Waals surface area (Å²) in [5, 5.41) is 6.80.